The van der Waals surface area contributed by atoms with Crippen LogP contribution in [-0.2, 0) is 19.3 Å². The van der Waals surface area contributed by atoms with Crippen LogP contribution in [-0.4, -0.2) is 0 Å². The molecule has 0 unspecified atom stereocenters. The zero-order valence-corrected chi connectivity index (χ0v) is 14.6. The van der Waals surface area contributed by atoms with Gasteiger partial charge in [-0.15, -0.1) is 6.58 Å². The summed E-state index contributed by atoms with van der Waals surface area (Å²) in [7, 11) is 0. The van der Waals surface area contributed by atoms with Gasteiger partial charge in [0.05, 0.1) is 0 Å². The van der Waals surface area contributed by atoms with Gasteiger partial charge >= 0.3 is 0 Å². The number of hydrogen-bond acceptors (Lipinski definition) is 0. The Hall–Kier alpha value is -2.36. The minimum Gasteiger partial charge on any atom is -0.203 e. The molecule has 0 saturated heterocycles. The van der Waals surface area contributed by atoms with Gasteiger partial charge in [-0.05, 0) is 61.3 Å². The molecule has 0 aromatic heterocycles. The van der Waals surface area contributed by atoms with Gasteiger partial charge < -0.3 is 0 Å². The highest BCUT2D eigenvalue weighted by Gasteiger charge is 2.31. The summed E-state index contributed by atoms with van der Waals surface area (Å²) < 4.78 is 58.1. The molecule has 136 valence electrons. The molecule has 0 atom stereocenters. The quantitative estimate of drug-likeness (QED) is 0.350. The van der Waals surface area contributed by atoms with E-state index in [4.69, 9.17) is 0 Å². The van der Waals surface area contributed by atoms with Crippen molar-refractivity contribution in [1.82, 2.24) is 0 Å². The second-order valence-corrected chi connectivity index (χ2v) is 6.51. The predicted octanol–water partition coefficient (Wildman–Crippen LogP) is 6.44. The van der Waals surface area contributed by atoms with Crippen molar-refractivity contribution in [2.24, 2.45) is 0 Å². The Bertz CT molecular complexity index is 894. The third-order valence-electron chi connectivity index (χ3n) is 4.79. The van der Waals surface area contributed by atoms with E-state index < -0.39 is 23.3 Å². The van der Waals surface area contributed by atoms with Crippen LogP contribution < -0.4 is 0 Å². The highest BCUT2D eigenvalue weighted by molar-refractivity contribution is 5.79. The second kappa shape index (κ2) is 7.48. The molecule has 0 bridgehead atoms. The maximum absolute atomic E-state index is 14.7. The number of allylic oxidation sites excluding steroid dienone is 3. The third kappa shape index (κ3) is 3.09. The first-order chi connectivity index (χ1) is 12.5. The Morgan fingerprint density at radius 1 is 0.846 bits per heavy atom. The lowest BCUT2D eigenvalue weighted by molar-refractivity contribution is 0.492. The number of fused-ring (bicyclic) bond motifs is 3. The molecule has 1 aliphatic carbocycles. The molecule has 2 aromatic carbocycles. The smallest absolute Gasteiger partial charge is 0.167 e. The standard InChI is InChI=1S/C22H20F4/c1-3-5-7-9-14-11-16-12-15-10-13(8-6-4-2)19(23)21(25)17(15)18(16)22(26)20(14)24/h3-5,10-11H,2,6-9,12H2,1H3/b5-3+. The van der Waals surface area contributed by atoms with E-state index in [1.807, 2.05) is 19.1 Å². The number of halogens is 4. The number of benzene rings is 2. The van der Waals surface area contributed by atoms with Gasteiger partial charge in [-0.25, -0.2) is 17.6 Å². The zero-order chi connectivity index (χ0) is 18.8. The van der Waals surface area contributed by atoms with Crippen LogP contribution in [0.1, 0.15) is 42.0 Å². The predicted molar refractivity (Wildman–Crippen MR) is 96.2 cm³/mol. The monoisotopic (exact) mass is 360 g/mol. The number of aryl methyl sites for hydroxylation is 2. The molecule has 0 fully saturated rings. The summed E-state index contributed by atoms with van der Waals surface area (Å²) in [6, 6.07) is 3.14. The van der Waals surface area contributed by atoms with Crippen LogP contribution in [0.2, 0.25) is 0 Å². The van der Waals surface area contributed by atoms with Gasteiger partial charge in [0.25, 0.3) is 0 Å². The van der Waals surface area contributed by atoms with E-state index in [9.17, 15) is 17.6 Å². The van der Waals surface area contributed by atoms with E-state index in [1.54, 1.807) is 18.2 Å². The van der Waals surface area contributed by atoms with Crippen molar-refractivity contribution >= 4 is 0 Å². The van der Waals surface area contributed by atoms with Gasteiger partial charge in [0.15, 0.2) is 23.3 Å². The summed E-state index contributed by atoms with van der Waals surface area (Å²) in [6.45, 7) is 5.44. The lowest BCUT2D eigenvalue weighted by Gasteiger charge is -2.11. The summed E-state index contributed by atoms with van der Waals surface area (Å²) in [6.07, 6.45) is 7.41. The summed E-state index contributed by atoms with van der Waals surface area (Å²) in [5.74, 6) is -4.15. The van der Waals surface area contributed by atoms with Crippen molar-refractivity contribution in [2.45, 2.75) is 39.0 Å². The largest absolute Gasteiger partial charge is 0.203 e. The molecule has 0 aliphatic heterocycles. The van der Waals surface area contributed by atoms with Crippen LogP contribution in [0.4, 0.5) is 17.6 Å². The molecule has 0 nitrogen and oxygen atoms in total. The Morgan fingerprint density at radius 3 is 1.81 bits per heavy atom. The van der Waals surface area contributed by atoms with E-state index in [-0.39, 0.29) is 28.7 Å². The molecule has 0 amide bonds. The van der Waals surface area contributed by atoms with Crippen molar-refractivity contribution in [3.05, 3.63) is 82.5 Å². The Kier molecular flexibility index (Phi) is 5.30. The first-order valence-corrected chi connectivity index (χ1v) is 8.71. The highest BCUT2D eigenvalue weighted by atomic mass is 19.2. The molecule has 4 heteroatoms. The van der Waals surface area contributed by atoms with E-state index in [0.29, 0.717) is 36.8 Å². The SMILES string of the molecule is C=CCCc1cc2c(c(F)c1F)-c1c(cc(CC/C=C/C)c(F)c1F)C2. The average molecular weight is 360 g/mol. The Morgan fingerprint density at radius 2 is 1.35 bits per heavy atom. The summed E-state index contributed by atoms with van der Waals surface area (Å²) in [5.41, 5.74) is 1.23. The molecule has 3 rings (SSSR count). The van der Waals surface area contributed by atoms with Crippen molar-refractivity contribution < 1.29 is 17.6 Å². The molecular formula is C22H20F4. The number of rotatable bonds is 6. The van der Waals surface area contributed by atoms with Crippen molar-refractivity contribution in [3.8, 4) is 11.1 Å². The van der Waals surface area contributed by atoms with E-state index in [0.717, 1.165) is 0 Å². The maximum Gasteiger partial charge on any atom is 0.167 e. The molecule has 0 spiro atoms. The fourth-order valence-electron chi connectivity index (χ4n) is 3.53. The van der Waals surface area contributed by atoms with E-state index in [2.05, 4.69) is 6.58 Å². The van der Waals surface area contributed by atoms with Gasteiger partial charge in [-0.3, -0.25) is 0 Å². The molecule has 0 heterocycles. The first-order valence-electron chi connectivity index (χ1n) is 8.71. The normalized spacial score (nSPS) is 12.5. The highest BCUT2D eigenvalue weighted by Crippen LogP contribution is 2.43. The topological polar surface area (TPSA) is 0 Å². The van der Waals surface area contributed by atoms with Crippen LogP contribution >= 0.6 is 0 Å². The van der Waals surface area contributed by atoms with Crippen LogP contribution in [0.5, 0.6) is 0 Å². The molecule has 0 N–H and O–H groups in total. The van der Waals surface area contributed by atoms with Crippen molar-refractivity contribution in [3.63, 3.8) is 0 Å². The van der Waals surface area contributed by atoms with Crippen molar-refractivity contribution in [1.29, 1.82) is 0 Å². The summed E-state index contributed by atoms with van der Waals surface area (Å²) in [4.78, 5) is 0. The van der Waals surface area contributed by atoms with Crippen LogP contribution in [0.3, 0.4) is 0 Å². The minimum absolute atomic E-state index is 0.140. The molecule has 0 saturated carbocycles. The van der Waals surface area contributed by atoms with Crippen LogP contribution in [0, 0.1) is 23.3 Å². The van der Waals surface area contributed by atoms with Crippen molar-refractivity contribution in [2.75, 3.05) is 0 Å². The molecular weight excluding hydrogens is 340 g/mol. The summed E-state index contributed by atoms with van der Waals surface area (Å²) >= 11 is 0. The molecule has 2 aromatic rings. The number of hydrogen-bond donors (Lipinski definition) is 0. The molecule has 0 radical (unpaired) electrons. The minimum atomic E-state index is -1.10. The zero-order valence-electron chi connectivity index (χ0n) is 14.6. The Labute approximate surface area is 150 Å². The summed E-state index contributed by atoms with van der Waals surface area (Å²) in [5, 5.41) is 0. The van der Waals surface area contributed by atoms with Gasteiger partial charge in [0.1, 0.15) is 0 Å². The van der Waals surface area contributed by atoms with Crippen LogP contribution in [0.15, 0.2) is 36.9 Å². The average Bonchev–Trinajstić information content (AvgIpc) is 2.99. The van der Waals surface area contributed by atoms with E-state index >= 15 is 0 Å². The fraction of sp³-hybridized carbons (Fsp3) is 0.273. The first kappa shape index (κ1) is 18.4. The van der Waals surface area contributed by atoms with Crippen LogP contribution in [0.25, 0.3) is 11.1 Å². The lowest BCUT2D eigenvalue weighted by Crippen LogP contribution is -2.01. The molecule has 1 aliphatic rings. The van der Waals surface area contributed by atoms with Gasteiger partial charge in [-0.2, -0.15) is 0 Å². The lowest BCUT2D eigenvalue weighted by atomic mass is 9.97. The van der Waals surface area contributed by atoms with Gasteiger partial charge in [-0.1, -0.05) is 30.4 Å². The second-order valence-electron chi connectivity index (χ2n) is 6.51. The van der Waals surface area contributed by atoms with E-state index in [1.165, 1.54) is 0 Å². The maximum atomic E-state index is 14.7. The third-order valence-corrected chi connectivity index (χ3v) is 4.79. The van der Waals surface area contributed by atoms with Gasteiger partial charge in [0, 0.05) is 11.1 Å². The van der Waals surface area contributed by atoms with Gasteiger partial charge in [0.2, 0.25) is 0 Å². The molecule has 26 heavy (non-hydrogen) atoms. The Balaban J connectivity index is 2.08. The fourth-order valence-corrected chi connectivity index (χ4v) is 3.53.